The largest absolute Gasteiger partial charge is 1.00 e. The van der Waals surface area contributed by atoms with Crippen LogP contribution in [0.3, 0.4) is 0 Å². The van der Waals surface area contributed by atoms with Crippen LogP contribution in [0, 0.1) is 5.41 Å². The zero-order valence-electron chi connectivity index (χ0n) is 16.1. The molecule has 0 radical (unpaired) electrons. The Labute approximate surface area is 173 Å². The third-order valence-corrected chi connectivity index (χ3v) is 12.9. The van der Waals surface area contributed by atoms with Crippen molar-refractivity contribution in [2.75, 3.05) is 0 Å². The van der Waals surface area contributed by atoms with E-state index in [1.54, 1.807) is 17.6 Å². The van der Waals surface area contributed by atoms with Gasteiger partial charge in [0.1, 0.15) is 0 Å². The summed E-state index contributed by atoms with van der Waals surface area (Å²) in [5, 5.41) is 0. The molecule has 3 heteroatoms. The minimum atomic E-state index is -1.84. The molecule has 0 bridgehead atoms. The Morgan fingerprint density at radius 1 is 1.04 bits per heavy atom. The van der Waals surface area contributed by atoms with Crippen LogP contribution in [-0.4, -0.2) is 3.21 Å². The van der Waals surface area contributed by atoms with Crippen molar-refractivity contribution in [3.63, 3.8) is 0 Å². The molecule has 0 saturated carbocycles. The Morgan fingerprint density at radius 2 is 1.68 bits per heavy atom. The van der Waals surface area contributed by atoms with Gasteiger partial charge in [0.2, 0.25) is 0 Å². The van der Waals surface area contributed by atoms with Gasteiger partial charge in [0.15, 0.2) is 0 Å². The predicted octanol–water partition coefficient (Wildman–Crippen LogP) is 0.243. The normalized spacial score (nSPS) is 18.0. The van der Waals surface area contributed by atoms with E-state index in [0.29, 0.717) is 3.63 Å². The minimum absolute atomic E-state index is 0. The van der Waals surface area contributed by atoms with Crippen LogP contribution in [-0.2, 0) is 21.3 Å². The average Bonchev–Trinajstić information content (AvgIpc) is 3.04. The van der Waals surface area contributed by atoms with Crippen LogP contribution in [0.4, 0.5) is 0 Å². The van der Waals surface area contributed by atoms with E-state index in [-0.39, 0.29) is 30.2 Å². The number of halogens is 2. The van der Waals surface area contributed by atoms with Crippen molar-refractivity contribution in [1.82, 2.24) is 0 Å². The van der Waals surface area contributed by atoms with Gasteiger partial charge in [0.25, 0.3) is 0 Å². The first-order valence-corrected chi connectivity index (χ1v) is 12.5. The van der Waals surface area contributed by atoms with Gasteiger partial charge in [0.05, 0.1) is 0 Å². The molecule has 25 heavy (non-hydrogen) atoms. The third kappa shape index (κ3) is 4.55. The van der Waals surface area contributed by atoms with Crippen LogP contribution >= 0.6 is 0 Å². The second-order valence-electron chi connectivity index (χ2n) is 8.19. The van der Waals surface area contributed by atoms with Gasteiger partial charge >= 0.3 is 150 Å². The molecule has 0 saturated heterocycles. The van der Waals surface area contributed by atoms with Crippen molar-refractivity contribution in [2.24, 2.45) is 5.41 Å². The first-order chi connectivity index (χ1) is 10.8. The summed E-state index contributed by atoms with van der Waals surface area (Å²) in [5.41, 5.74) is 6.41. The summed E-state index contributed by atoms with van der Waals surface area (Å²) in [4.78, 5) is 0. The van der Waals surface area contributed by atoms with Crippen LogP contribution in [0.5, 0.6) is 0 Å². The summed E-state index contributed by atoms with van der Waals surface area (Å²) in [5.74, 6) is 0. The zero-order valence-corrected chi connectivity index (χ0v) is 20.1. The third-order valence-electron chi connectivity index (χ3n) is 4.96. The monoisotopic (exact) mass is 452 g/mol. The van der Waals surface area contributed by atoms with E-state index in [9.17, 15) is 0 Å². The average molecular weight is 455 g/mol. The van der Waals surface area contributed by atoms with Gasteiger partial charge in [-0.25, -0.2) is 0 Å². The molecule has 1 unspecified atom stereocenters. The van der Waals surface area contributed by atoms with Gasteiger partial charge in [-0.1, -0.05) is 0 Å². The second kappa shape index (κ2) is 8.64. The van der Waals surface area contributed by atoms with Crippen LogP contribution in [0.25, 0.3) is 5.57 Å². The van der Waals surface area contributed by atoms with Crippen molar-refractivity contribution >= 4 is 8.78 Å². The number of rotatable bonds is 2. The number of hydrogen-bond donors (Lipinski definition) is 0. The summed E-state index contributed by atoms with van der Waals surface area (Å²) in [6.45, 7) is 14.1. The van der Waals surface area contributed by atoms with E-state index in [4.69, 9.17) is 0 Å². The fraction of sp³-hybridized carbons (Fsp3) is 0.409. The molecule has 0 amide bonds. The van der Waals surface area contributed by atoms with Crippen LogP contribution in [0.15, 0.2) is 51.3 Å². The minimum Gasteiger partial charge on any atom is -1.00 e. The van der Waals surface area contributed by atoms with E-state index in [0.717, 1.165) is 0 Å². The Balaban J connectivity index is 0.00000156. The molecule has 1 aromatic rings. The summed E-state index contributed by atoms with van der Waals surface area (Å²) < 4.78 is 4.17. The fourth-order valence-electron chi connectivity index (χ4n) is 3.93. The van der Waals surface area contributed by atoms with Crippen LogP contribution in [0.1, 0.15) is 62.7 Å². The second-order valence-corrected chi connectivity index (χ2v) is 15.8. The Kier molecular flexibility index (Phi) is 7.89. The van der Waals surface area contributed by atoms with Crippen LogP contribution < -0.4 is 24.8 Å². The molecule has 0 N–H and O–H groups in total. The molecular formula is C22H28Cl2Zr. The molecule has 0 aromatic heterocycles. The van der Waals surface area contributed by atoms with Crippen molar-refractivity contribution < 1.29 is 46.1 Å². The molecule has 1 atom stereocenters. The first-order valence-electron chi connectivity index (χ1n) is 8.64. The van der Waals surface area contributed by atoms with E-state index in [1.165, 1.54) is 17.6 Å². The van der Waals surface area contributed by atoms with Crippen molar-refractivity contribution in [1.29, 1.82) is 0 Å². The maximum atomic E-state index is 2.64. The van der Waals surface area contributed by atoms with E-state index < -0.39 is 21.3 Å². The van der Waals surface area contributed by atoms with Crippen molar-refractivity contribution in [3.8, 4) is 0 Å². The molecule has 0 aliphatic heterocycles. The van der Waals surface area contributed by atoms with Gasteiger partial charge in [-0.15, -0.1) is 0 Å². The van der Waals surface area contributed by atoms with Gasteiger partial charge < -0.3 is 24.8 Å². The molecule has 2 aliphatic carbocycles. The Hall–Kier alpha value is -0.227. The molecule has 134 valence electrons. The fourth-order valence-corrected chi connectivity index (χ4v) is 12.0. The van der Waals surface area contributed by atoms with Gasteiger partial charge in [0, 0.05) is 0 Å². The predicted molar refractivity (Wildman–Crippen MR) is 99.4 cm³/mol. The molecule has 0 nitrogen and oxygen atoms in total. The van der Waals surface area contributed by atoms with Gasteiger partial charge in [-0.2, -0.15) is 0 Å². The molecule has 2 aliphatic rings. The topological polar surface area (TPSA) is 0 Å². The SMILES string of the molecule is CC1=CC=[C]([Zr+2](=[C](C)C)[CH]2C=C(C(C)(C)C)c3ccccc32)C1.[Cl-].[Cl-]. The van der Waals surface area contributed by atoms with Gasteiger partial charge in [-0.05, 0) is 0 Å². The molecule has 0 heterocycles. The Bertz CT molecular complexity index is 769. The Morgan fingerprint density at radius 3 is 2.20 bits per heavy atom. The summed E-state index contributed by atoms with van der Waals surface area (Å²) in [7, 11) is 0. The number of benzene rings is 1. The van der Waals surface area contributed by atoms with Gasteiger partial charge in [-0.3, -0.25) is 0 Å². The standard InChI is InChI=1S/C13H15.C6H7.C3H6.2ClH.Zr/c1-13(2,3)12-9-8-10-6-4-5-7-11(10)12;1-6-4-2-3-5-6;1-3-2;;;/h4-9H,1-3H3;2,4H,5H2,1H3;1-2H3;2*1H;/q;;;;;+2/p-2. The van der Waals surface area contributed by atoms with E-state index in [1.807, 2.05) is 0 Å². The van der Waals surface area contributed by atoms with Crippen molar-refractivity contribution in [3.05, 3.63) is 62.5 Å². The smallest absolute Gasteiger partial charge is 1.00 e. The number of hydrogen-bond acceptors (Lipinski definition) is 0. The molecule has 1 aromatic carbocycles. The maximum Gasteiger partial charge on any atom is -1.00 e. The van der Waals surface area contributed by atoms with E-state index >= 15 is 0 Å². The molecular weight excluding hydrogens is 426 g/mol. The summed E-state index contributed by atoms with van der Waals surface area (Å²) in [6, 6.07) is 9.15. The maximum absolute atomic E-state index is 2.64. The molecule has 0 spiro atoms. The first kappa shape index (κ1) is 22.8. The van der Waals surface area contributed by atoms with E-state index in [2.05, 4.69) is 84.0 Å². The zero-order chi connectivity index (χ0) is 16.8. The summed E-state index contributed by atoms with van der Waals surface area (Å²) >= 11 is -1.84. The molecule has 3 rings (SSSR count). The van der Waals surface area contributed by atoms with Crippen LogP contribution in [0.2, 0.25) is 0 Å². The summed E-state index contributed by atoms with van der Waals surface area (Å²) in [6.07, 6.45) is 8.65. The van der Waals surface area contributed by atoms with Crippen molar-refractivity contribution in [2.45, 2.75) is 51.6 Å². The quantitative estimate of drug-likeness (QED) is 0.601. The molecule has 0 fully saturated rings. The number of fused-ring (bicyclic) bond motifs is 1. The number of allylic oxidation sites excluding steroid dienone is 6.